The number of carbonyl (C=O) groups excluding carboxylic acids is 1. The van der Waals surface area contributed by atoms with Crippen LogP contribution in [-0.4, -0.2) is 37.2 Å². The van der Waals surface area contributed by atoms with E-state index < -0.39 is 5.82 Å². The Kier molecular flexibility index (Phi) is 11.6. The van der Waals surface area contributed by atoms with Crippen LogP contribution in [-0.2, 0) is 11.8 Å². The van der Waals surface area contributed by atoms with Gasteiger partial charge in [0.1, 0.15) is 11.6 Å². The van der Waals surface area contributed by atoms with Gasteiger partial charge >= 0.3 is 0 Å². The largest absolute Gasteiger partial charge is 0.385 e. The van der Waals surface area contributed by atoms with Gasteiger partial charge in [0.2, 0.25) is 0 Å². The molecule has 1 saturated carbocycles. The molecule has 0 aliphatic heterocycles. The molecule has 166 valence electrons. The van der Waals surface area contributed by atoms with Crippen LogP contribution in [0.1, 0.15) is 54.9 Å². The number of nitrogens with zero attached hydrogens (tertiary/aromatic N) is 1. The smallest absolute Gasteiger partial charge is 0.251 e. The molecule has 0 amide bonds. The molecule has 0 unspecified atom stereocenters. The number of pyridine rings is 1. The highest BCUT2D eigenvalue weighted by molar-refractivity contribution is 6.11. The number of nitrogens with one attached hydrogen (secondary N) is 1. The summed E-state index contributed by atoms with van der Waals surface area (Å²) in [6.45, 7) is 2.78. The van der Waals surface area contributed by atoms with Crippen molar-refractivity contribution in [3.63, 3.8) is 0 Å². The molecule has 7 heteroatoms. The quantitative estimate of drug-likeness (QED) is 0.741. The molecular formula is C23H34FN3O3. The van der Waals surface area contributed by atoms with Crippen molar-refractivity contribution in [3.8, 4) is 0 Å². The number of ketones is 1. The predicted molar refractivity (Wildman–Crippen MR) is 119 cm³/mol. The number of nitrogens with two attached hydrogens (primary N) is 1. The Morgan fingerprint density at radius 1 is 1.17 bits per heavy atom. The molecule has 0 saturated heterocycles. The molecule has 1 aliphatic rings. The molecular weight excluding hydrogens is 385 g/mol. The van der Waals surface area contributed by atoms with E-state index in [9.17, 15) is 14.0 Å². The van der Waals surface area contributed by atoms with Crippen molar-refractivity contribution < 1.29 is 13.9 Å². The van der Waals surface area contributed by atoms with Gasteiger partial charge < -0.3 is 15.8 Å². The number of carbonyl (C=O) groups is 1. The summed E-state index contributed by atoms with van der Waals surface area (Å²) in [5, 5.41) is 3.30. The number of halogens is 1. The summed E-state index contributed by atoms with van der Waals surface area (Å²) in [7, 11) is 5.23. The van der Waals surface area contributed by atoms with Crippen LogP contribution in [0.4, 0.5) is 10.2 Å². The number of rotatable bonds is 4. The second-order valence-electron chi connectivity index (χ2n) is 7.07. The van der Waals surface area contributed by atoms with Gasteiger partial charge in [0.25, 0.3) is 5.56 Å². The van der Waals surface area contributed by atoms with E-state index in [0.29, 0.717) is 5.56 Å². The van der Waals surface area contributed by atoms with E-state index in [0.717, 1.165) is 12.6 Å². The summed E-state index contributed by atoms with van der Waals surface area (Å²) in [5.74, 6) is -0.667. The van der Waals surface area contributed by atoms with Crippen LogP contribution < -0.4 is 16.6 Å². The summed E-state index contributed by atoms with van der Waals surface area (Å²) in [5.41, 5.74) is 5.98. The average molecular weight is 420 g/mol. The zero-order valence-electron chi connectivity index (χ0n) is 18.4. The Hall–Kier alpha value is -2.51. The fourth-order valence-corrected chi connectivity index (χ4v) is 2.99. The first kappa shape index (κ1) is 25.5. The third kappa shape index (κ3) is 8.08. The van der Waals surface area contributed by atoms with Gasteiger partial charge in [0, 0.05) is 38.4 Å². The number of hydrogen-bond acceptors (Lipinski definition) is 5. The maximum atomic E-state index is 12.8. The van der Waals surface area contributed by atoms with Gasteiger partial charge in [-0.15, -0.1) is 0 Å². The van der Waals surface area contributed by atoms with Crippen molar-refractivity contribution in [1.82, 2.24) is 9.88 Å². The molecule has 0 atom stereocenters. The number of methoxy groups -OCH3 is 1. The van der Waals surface area contributed by atoms with Crippen molar-refractivity contribution in [2.45, 2.75) is 45.1 Å². The SMILES string of the molecule is CCOC.CNC1CCCCC1.Cn1c(N)c(C(=O)c2ccc(F)cc2)ccc1=O. The third-order valence-electron chi connectivity index (χ3n) is 5.01. The Balaban J connectivity index is 0.000000309. The number of benzene rings is 1. The summed E-state index contributed by atoms with van der Waals surface area (Å²) in [6, 6.07) is 8.64. The van der Waals surface area contributed by atoms with Crippen LogP contribution in [0.5, 0.6) is 0 Å². The second-order valence-corrected chi connectivity index (χ2v) is 7.07. The molecule has 1 aromatic heterocycles. The highest BCUT2D eigenvalue weighted by Crippen LogP contribution is 2.16. The van der Waals surface area contributed by atoms with Gasteiger partial charge in [-0.3, -0.25) is 14.2 Å². The van der Waals surface area contributed by atoms with Crippen LogP contribution in [0.15, 0.2) is 41.2 Å². The Labute approximate surface area is 178 Å². The normalized spacial score (nSPS) is 13.5. The minimum Gasteiger partial charge on any atom is -0.385 e. The van der Waals surface area contributed by atoms with Crippen LogP contribution in [0.3, 0.4) is 0 Å². The maximum absolute atomic E-state index is 12.8. The summed E-state index contributed by atoms with van der Waals surface area (Å²) in [4.78, 5) is 23.4. The number of anilines is 1. The van der Waals surface area contributed by atoms with Crippen molar-refractivity contribution in [1.29, 1.82) is 0 Å². The first-order valence-corrected chi connectivity index (χ1v) is 10.3. The molecule has 30 heavy (non-hydrogen) atoms. The van der Waals surface area contributed by atoms with Gasteiger partial charge in [-0.25, -0.2) is 4.39 Å². The zero-order chi connectivity index (χ0) is 22.5. The standard InChI is InChI=1S/C13H11FN2O2.C7H15N.C3H8O/c1-16-11(17)7-6-10(13(16)15)12(18)8-2-4-9(14)5-3-8;1-8-7-5-3-2-4-6-7;1-3-4-2/h2-7H,15H2,1H3;7-8H,2-6H2,1H3;3H2,1-2H3. The Morgan fingerprint density at radius 3 is 2.20 bits per heavy atom. The Bertz CT molecular complexity index is 827. The van der Waals surface area contributed by atoms with E-state index in [4.69, 9.17) is 5.73 Å². The van der Waals surface area contributed by atoms with E-state index in [2.05, 4.69) is 17.1 Å². The van der Waals surface area contributed by atoms with Crippen LogP contribution in [0.2, 0.25) is 0 Å². The summed E-state index contributed by atoms with van der Waals surface area (Å²) >= 11 is 0. The predicted octanol–water partition coefficient (Wildman–Crippen LogP) is 3.53. The summed E-state index contributed by atoms with van der Waals surface area (Å²) < 4.78 is 18.5. The second kappa shape index (κ2) is 13.7. The molecule has 1 aliphatic carbocycles. The van der Waals surface area contributed by atoms with Crippen molar-refractivity contribution in [2.24, 2.45) is 7.05 Å². The summed E-state index contributed by atoms with van der Waals surface area (Å²) in [6.07, 6.45) is 7.13. The number of hydrogen-bond donors (Lipinski definition) is 2. The average Bonchev–Trinajstić information content (AvgIpc) is 2.79. The van der Waals surface area contributed by atoms with Gasteiger partial charge in [-0.1, -0.05) is 19.3 Å². The van der Waals surface area contributed by atoms with Gasteiger partial charge in [-0.05, 0) is 57.1 Å². The lowest BCUT2D eigenvalue weighted by Crippen LogP contribution is -2.26. The molecule has 3 N–H and O–H groups in total. The lowest BCUT2D eigenvalue weighted by atomic mass is 9.96. The topological polar surface area (TPSA) is 86.3 Å². The van der Waals surface area contributed by atoms with Crippen molar-refractivity contribution in [3.05, 3.63) is 63.7 Å². The molecule has 1 fully saturated rings. The highest BCUT2D eigenvalue weighted by Gasteiger charge is 2.14. The zero-order valence-corrected chi connectivity index (χ0v) is 18.4. The van der Waals surface area contributed by atoms with E-state index in [-0.39, 0.29) is 22.7 Å². The van der Waals surface area contributed by atoms with E-state index >= 15 is 0 Å². The van der Waals surface area contributed by atoms with E-state index in [1.807, 2.05) is 6.92 Å². The lowest BCUT2D eigenvalue weighted by molar-refractivity contribution is 0.103. The fourth-order valence-electron chi connectivity index (χ4n) is 2.99. The molecule has 1 aromatic carbocycles. The minimum absolute atomic E-state index is 0.0943. The van der Waals surface area contributed by atoms with Crippen molar-refractivity contribution in [2.75, 3.05) is 26.5 Å². The van der Waals surface area contributed by atoms with Crippen molar-refractivity contribution >= 4 is 11.6 Å². The van der Waals surface area contributed by atoms with Crippen LogP contribution in [0, 0.1) is 5.82 Å². The molecule has 3 rings (SSSR count). The molecule has 2 aromatic rings. The fraction of sp³-hybridized carbons (Fsp3) is 0.478. The van der Waals surface area contributed by atoms with Crippen LogP contribution >= 0.6 is 0 Å². The number of ether oxygens (including phenoxy) is 1. The van der Waals surface area contributed by atoms with Gasteiger partial charge in [-0.2, -0.15) is 0 Å². The Morgan fingerprint density at radius 2 is 1.73 bits per heavy atom. The maximum Gasteiger partial charge on any atom is 0.251 e. The molecule has 0 radical (unpaired) electrons. The minimum atomic E-state index is -0.417. The first-order valence-electron chi connectivity index (χ1n) is 10.3. The van der Waals surface area contributed by atoms with E-state index in [1.165, 1.54) is 80.1 Å². The lowest BCUT2D eigenvalue weighted by Gasteiger charge is -2.20. The van der Waals surface area contributed by atoms with E-state index in [1.54, 1.807) is 7.11 Å². The highest BCUT2D eigenvalue weighted by atomic mass is 19.1. The number of aromatic nitrogens is 1. The molecule has 1 heterocycles. The monoisotopic (exact) mass is 419 g/mol. The first-order chi connectivity index (χ1) is 14.3. The molecule has 6 nitrogen and oxygen atoms in total. The van der Waals surface area contributed by atoms with Gasteiger partial charge in [0.15, 0.2) is 5.78 Å². The van der Waals surface area contributed by atoms with Crippen LogP contribution in [0.25, 0.3) is 0 Å². The van der Waals surface area contributed by atoms with Gasteiger partial charge in [0.05, 0.1) is 5.56 Å². The molecule has 0 spiro atoms. The number of nitrogen functional groups attached to an aromatic ring is 1. The molecule has 0 bridgehead atoms. The third-order valence-corrected chi connectivity index (χ3v) is 5.01.